The molecule has 3 N–H and O–H groups in total. The Kier molecular flexibility index (Phi) is 4.36. The molecule has 5 heteroatoms. The van der Waals surface area contributed by atoms with Crippen molar-refractivity contribution in [3.05, 3.63) is 54.9 Å². The number of rotatable bonds is 5. The van der Waals surface area contributed by atoms with E-state index < -0.39 is 5.54 Å². The normalized spacial score (nSPS) is 13.6. The van der Waals surface area contributed by atoms with Crippen LogP contribution >= 0.6 is 0 Å². The fourth-order valence-electron chi connectivity index (χ4n) is 2.78. The number of anilines is 1. The lowest BCUT2D eigenvalue weighted by Crippen LogP contribution is -2.48. The van der Waals surface area contributed by atoms with Crippen LogP contribution in [0.4, 0.5) is 5.69 Å². The summed E-state index contributed by atoms with van der Waals surface area (Å²) in [6.45, 7) is 3.78. The molecule has 0 spiro atoms. The lowest BCUT2D eigenvalue weighted by Gasteiger charge is -2.22. The first-order chi connectivity index (χ1) is 11.5. The Morgan fingerprint density at radius 2 is 1.92 bits per heavy atom. The number of hydrogen-bond donors (Lipinski definition) is 2. The van der Waals surface area contributed by atoms with E-state index in [1.54, 1.807) is 13.3 Å². The summed E-state index contributed by atoms with van der Waals surface area (Å²) >= 11 is 0. The number of benzene rings is 2. The van der Waals surface area contributed by atoms with E-state index in [1.165, 1.54) is 0 Å². The second-order valence-corrected chi connectivity index (χ2v) is 6.27. The summed E-state index contributed by atoms with van der Waals surface area (Å²) in [5.74, 6) is -0.162. The van der Waals surface area contributed by atoms with Crippen molar-refractivity contribution in [2.45, 2.75) is 32.2 Å². The molecule has 1 heterocycles. The molecule has 0 bridgehead atoms. The van der Waals surface area contributed by atoms with Crippen LogP contribution in [0.1, 0.15) is 26.7 Å². The summed E-state index contributed by atoms with van der Waals surface area (Å²) < 4.78 is 2.02. The number of amides is 1. The number of carbonyl (C=O) groups is 1. The van der Waals surface area contributed by atoms with Gasteiger partial charge in [-0.15, -0.1) is 0 Å². The van der Waals surface area contributed by atoms with Gasteiger partial charge >= 0.3 is 0 Å². The van der Waals surface area contributed by atoms with E-state index in [9.17, 15) is 4.79 Å². The highest BCUT2D eigenvalue weighted by atomic mass is 16.2. The fourth-order valence-corrected chi connectivity index (χ4v) is 2.78. The van der Waals surface area contributed by atoms with E-state index in [0.717, 1.165) is 28.8 Å². The standard InChI is InChI=1S/C19H22N4O/c1-3-12-19(2,20)18(24)22-14-8-10-15(11-9-14)23-13-21-16-6-4-5-7-17(16)23/h4-11,13H,3,12,20H2,1-2H3,(H,22,24). The van der Waals surface area contributed by atoms with Crippen LogP contribution in [0.15, 0.2) is 54.9 Å². The highest BCUT2D eigenvalue weighted by Gasteiger charge is 2.27. The third-order valence-corrected chi connectivity index (χ3v) is 4.14. The first kappa shape index (κ1) is 16.2. The van der Waals surface area contributed by atoms with Gasteiger partial charge in [0.15, 0.2) is 0 Å². The number of nitrogens with one attached hydrogen (secondary N) is 1. The third-order valence-electron chi connectivity index (χ3n) is 4.14. The van der Waals surface area contributed by atoms with Gasteiger partial charge < -0.3 is 11.1 Å². The molecule has 124 valence electrons. The highest BCUT2D eigenvalue weighted by molar-refractivity contribution is 5.97. The van der Waals surface area contributed by atoms with Crippen molar-refractivity contribution in [2.24, 2.45) is 5.73 Å². The Morgan fingerprint density at radius 3 is 2.62 bits per heavy atom. The van der Waals surface area contributed by atoms with Crippen LogP contribution in [0.5, 0.6) is 0 Å². The second-order valence-electron chi connectivity index (χ2n) is 6.27. The third kappa shape index (κ3) is 3.16. The fraction of sp³-hybridized carbons (Fsp3) is 0.263. The van der Waals surface area contributed by atoms with Gasteiger partial charge in [-0.3, -0.25) is 9.36 Å². The number of nitrogens with two attached hydrogens (primary N) is 1. The zero-order valence-corrected chi connectivity index (χ0v) is 14.0. The maximum absolute atomic E-state index is 12.3. The van der Waals surface area contributed by atoms with Gasteiger partial charge in [-0.05, 0) is 49.7 Å². The largest absolute Gasteiger partial charge is 0.325 e. The Balaban J connectivity index is 1.80. The van der Waals surface area contributed by atoms with E-state index in [4.69, 9.17) is 5.73 Å². The zero-order chi connectivity index (χ0) is 17.2. The smallest absolute Gasteiger partial charge is 0.244 e. The van der Waals surface area contributed by atoms with E-state index in [0.29, 0.717) is 6.42 Å². The summed E-state index contributed by atoms with van der Waals surface area (Å²) in [6.07, 6.45) is 3.32. The quantitative estimate of drug-likeness (QED) is 0.755. The van der Waals surface area contributed by atoms with Crippen molar-refractivity contribution < 1.29 is 4.79 Å². The van der Waals surface area contributed by atoms with Crippen LogP contribution in [0.3, 0.4) is 0 Å². The molecular weight excluding hydrogens is 300 g/mol. The molecule has 1 unspecified atom stereocenters. The Hall–Kier alpha value is -2.66. The number of nitrogens with zero attached hydrogens (tertiary/aromatic N) is 2. The predicted molar refractivity (Wildman–Crippen MR) is 97.2 cm³/mol. The SMILES string of the molecule is CCCC(C)(N)C(=O)Nc1ccc(-n2cnc3ccccc32)cc1. The minimum absolute atomic E-state index is 0.162. The molecule has 0 saturated carbocycles. The van der Waals surface area contributed by atoms with Crippen molar-refractivity contribution in [3.63, 3.8) is 0 Å². The van der Waals surface area contributed by atoms with Crippen LogP contribution in [-0.4, -0.2) is 21.0 Å². The summed E-state index contributed by atoms with van der Waals surface area (Å²) in [6, 6.07) is 15.6. The molecule has 0 radical (unpaired) electrons. The van der Waals surface area contributed by atoms with Gasteiger partial charge in [-0.25, -0.2) is 4.98 Å². The Bertz CT molecular complexity index is 849. The molecule has 0 fully saturated rings. The minimum Gasteiger partial charge on any atom is -0.325 e. The number of hydrogen-bond acceptors (Lipinski definition) is 3. The average molecular weight is 322 g/mol. The van der Waals surface area contributed by atoms with Crippen LogP contribution in [0.25, 0.3) is 16.7 Å². The topological polar surface area (TPSA) is 72.9 Å². The van der Waals surface area contributed by atoms with Crippen LogP contribution in [-0.2, 0) is 4.79 Å². The van der Waals surface area contributed by atoms with Crippen LogP contribution in [0, 0.1) is 0 Å². The van der Waals surface area contributed by atoms with Crippen molar-refractivity contribution in [1.82, 2.24) is 9.55 Å². The molecule has 0 aliphatic heterocycles. The molecule has 24 heavy (non-hydrogen) atoms. The number of imidazole rings is 1. The molecule has 2 aromatic carbocycles. The average Bonchev–Trinajstić information content (AvgIpc) is 2.99. The monoisotopic (exact) mass is 322 g/mol. The highest BCUT2D eigenvalue weighted by Crippen LogP contribution is 2.20. The Morgan fingerprint density at radius 1 is 1.21 bits per heavy atom. The summed E-state index contributed by atoms with van der Waals surface area (Å²) in [4.78, 5) is 16.7. The Labute approximate surface area is 141 Å². The summed E-state index contributed by atoms with van der Waals surface area (Å²) in [7, 11) is 0. The van der Waals surface area contributed by atoms with Crippen molar-refractivity contribution in [3.8, 4) is 5.69 Å². The molecule has 3 rings (SSSR count). The molecule has 1 amide bonds. The molecule has 0 aliphatic carbocycles. The van der Waals surface area contributed by atoms with Crippen LogP contribution < -0.4 is 11.1 Å². The minimum atomic E-state index is -0.853. The molecular formula is C19H22N4O. The lowest BCUT2D eigenvalue weighted by molar-refractivity contribution is -0.120. The van der Waals surface area contributed by atoms with Crippen molar-refractivity contribution in [2.75, 3.05) is 5.32 Å². The maximum Gasteiger partial charge on any atom is 0.244 e. The first-order valence-corrected chi connectivity index (χ1v) is 8.14. The van der Waals surface area contributed by atoms with Gasteiger partial charge in [0.2, 0.25) is 5.91 Å². The molecule has 1 aromatic heterocycles. The van der Waals surface area contributed by atoms with Gasteiger partial charge in [-0.1, -0.05) is 25.5 Å². The summed E-state index contributed by atoms with van der Waals surface area (Å²) in [5, 5.41) is 2.89. The molecule has 0 aliphatic rings. The van der Waals surface area contributed by atoms with Gasteiger partial charge in [0, 0.05) is 11.4 Å². The lowest BCUT2D eigenvalue weighted by atomic mass is 9.96. The molecule has 1 atom stereocenters. The number of carbonyl (C=O) groups excluding carboxylic acids is 1. The van der Waals surface area contributed by atoms with Crippen molar-refractivity contribution >= 4 is 22.6 Å². The van der Waals surface area contributed by atoms with Gasteiger partial charge in [0.25, 0.3) is 0 Å². The molecule has 3 aromatic rings. The van der Waals surface area contributed by atoms with E-state index in [1.807, 2.05) is 60.0 Å². The number of para-hydroxylation sites is 2. The summed E-state index contributed by atoms with van der Waals surface area (Å²) in [5.41, 5.74) is 8.94. The van der Waals surface area contributed by atoms with Crippen molar-refractivity contribution in [1.29, 1.82) is 0 Å². The maximum atomic E-state index is 12.3. The first-order valence-electron chi connectivity index (χ1n) is 8.14. The second kappa shape index (κ2) is 6.45. The number of fused-ring (bicyclic) bond motifs is 1. The van der Waals surface area contributed by atoms with E-state index in [-0.39, 0.29) is 5.91 Å². The molecule has 0 saturated heterocycles. The number of aromatic nitrogens is 2. The van der Waals surface area contributed by atoms with Gasteiger partial charge in [0.1, 0.15) is 6.33 Å². The van der Waals surface area contributed by atoms with E-state index in [2.05, 4.69) is 10.3 Å². The van der Waals surface area contributed by atoms with Crippen LogP contribution in [0.2, 0.25) is 0 Å². The van der Waals surface area contributed by atoms with Gasteiger partial charge in [0.05, 0.1) is 16.6 Å². The van der Waals surface area contributed by atoms with E-state index >= 15 is 0 Å². The predicted octanol–water partition coefficient (Wildman–Crippen LogP) is 3.48. The molecule has 5 nitrogen and oxygen atoms in total. The van der Waals surface area contributed by atoms with Gasteiger partial charge in [-0.2, -0.15) is 0 Å². The zero-order valence-electron chi connectivity index (χ0n) is 14.0.